The molecule has 0 radical (unpaired) electrons. The highest BCUT2D eigenvalue weighted by molar-refractivity contribution is 7.49. The number of carbonyl (C=O) groups is 1. The van der Waals surface area contributed by atoms with Crippen LogP contribution in [0.2, 0.25) is 0 Å². The number of hydrogen-bond donors (Lipinski definition) is 0. The number of nitrogens with zero attached hydrogens (tertiary/aromatic N) is 1. The molecule has 23 heavy (non-hydrogen) atoms. The number of rotatable bonds is 14. The van der Waals surface area contributed by atoms with Gasteiger partial charge in [0, 0.05) is 6.08 Å². The second-order valence-electron chi connectivity index (χ2n) is 6.51. The lowest BCUT2D eigenvalue weighted by molar-refractivity contribution is -0.870. The molecule has 136 valence electrons. The third kappa shape index (κ3) is 13.5. The van der Waals surface area contributed by atoms with Crippen LogP contribution in [0.3, 0.4) is 0 Å². The molecule has 0 aliphatic heterocycles. The van der Waals surface area contributed by atoms with Crippen LogP contribution in [0.1, 0.15) is 45.4 Å². The topological polar surface area (TPSA) is 61.8 Å². The van der Waals surface area contributed by atoms with E-state index < -0.39 is 13.8 Å². The standard InChI is InChI=1S/C16H33NO5P/c1-6-8-11-14-20-23(19,22-16(18)7-2)21-15-12-9-10-13-17(3,4)5/h7H,2,6,8-15H2,1,3-5H3/q+1. The molecule has 6 nitrogen and oxygen atoms in total. The largest absolute Gasteiger partial charge is 0.532 e. The SMILES string of the molecule is C=CC(=O)OP(=O)(OCCCCC)OCCCCC[N+](C)(C)C. The average molecular weight is 350 g/mol. The van der Waals surface area contributed by atoms with Crippen molar-refractivity contribution < 1.29 is 27.4 Å². The first-order valence-electron chi connectivity index (χ1n) is 8.28. The van der Waals surface area contributed by atoms with Crippen LogP contribution in [0.25, 0.3) is 0 Å². The number of unbranched alkanes of at least 4 members (excludes halogenated alkanes) is 4. The van der Waals surface area contributed by atoms with E-state index in [0.29, 0.717) is 0 Å². The van der Waals surface area contributed by atoms with E-state index >= 15 is 0 Å². The lowest BCUT2D eigenvalue weighted by Crippen LogP contribution is -2.35. The van der Waals surface area contributed by atoms with Gasteiger partial charge in [-0.15, -0.1) is 0 Å². The summed E-state index contributed by atoms with van der Waals surface area (Å²) in [5, 5.41) is 0. The summed E-state index contributed by atoms with van der Waals surface area (Å²) in [4.78, 5) is 11.3. The highest BCUT2D eigenvalue weighted by Gasteiger charge is 2.30. The molecule has 0 amide bonds. The van der Waals surface area contributed by atoms with Crippen molar-refractivity contribution in [2.75, 3.05) is 40.9 Å². The van der Waals surface area contributed by atoms with E-state index in [2.05, 4.69) is 34.6 Å². The Bertz CT molecular complexity index is 392. The minimum atomic E-state index is -3.84. The van der Waals surface area contributed by atoms with Crippen molar-refractivity contribution >= 4 is 13.8 Å². The first-order chi connectivity index (χ1) is 10.7. The van der Waals surface area contributed by atoms with Crippen LogP contribution in [0, 0.1) is 0 Å². The number of phosphoric ester groups is 1. The summed E-state index contributed by atoms with van der Waals surface area (Å²) >= 11 is 0. The van der Waals surface area contributed by atoms with Crippen LogP contribution in [-0.2, 0) is 22.9 Å². The van der Waals surface area contributed by atoms with E-state index in [1.807, 2.05) is 0 Å². The summed E-state index contributed by atoms with van der Waals surface area (Å²) in [6.07, 6.45) is 6.44. The number of phosphoric acid groups is 1. The van der Waals surface area contributed by atoms with Gasteiger partial charge >= 0.3 is 13.8 Å². The molecular formula is C16H33NO5P+. The minimum absolute atomic E-state index is 0.243. The zero-order chi connectivity index (χ0) is 17.8. The van der Waals surface area contributed by atoms with Crippen LogP contribution in [0.15, 0.2) is 12.7 Å². The molecular weight excluding hydrogens is 317 g/mol. The van der Waals surface area contributed by atoms with Gasteiger partial charge in [-0.2, -0.15) is 0 Å². The lowest BCUT2D eigenvalue weighted by atomic mass is 10.2. The van der Waals surface area contributed by atoms with E-state index in [0.717, 1.165) is 55.6 Å². The van der Waals surface area contributed by atoms with Crippen molar-refractivity contribution in [3.8, 4) is 0 Å². The van der Waals surface area contributed by atoms with Gasteiger partial charge in [-0.3, -0.25) is 9.05 Å². The van der Waals surface area contributed by atoms with E-state index in [1.165, 1.54) is 0 Å². The predicted molar refractivity (Wildman–Crippen MR) is 92.1 cm³/mol. The Labute approximate surface area is 141 Å². The van der Waals surface area contributed by atoms with Gasteiger partial charge < -0.3 is 9.01 Å². The molecule has 1 unspecified atom stereocenters. The number of hydrogen-bond acceptors (Lipinski definition) is 5. The quantitative estimate of drug-likeness (QED) is 0.206. The Morgan fingerprint density at radius 2 is 1.61 bits per heavy atom. The van der Waals surface area contributed by atoms with Crippen molar-refractivity contribution in [3.63, 3.8) is 0 Å². The summed E-state index contributed by atoms with van der Waals surface area (Å²) in [5.74, 6) is -0.797. The lowest BCUT2D eigenvalue weighted by Gasteiger charge is -2.23. The molecule has 0 N–H and O–H groups in total. The molecule has 0 aromatic rings. The monoisotopic (exact) mass is 350 g/mol. The van der Waals surface area contributed by atoms with Crippen molar-refractivity contribution in [1.29, 1.82) is 0 Å². The molecule has 0 aliphatic carbocycles. The van der Waals surface area contributed by atoms with Crippen molar-refractivity contribution in [3.05, 3.63) is 12.7 Å². The summed E-state index contributed by atoms with van der Waals surface area (Å²) < 4.78 is 28.5. The second kappa shape index (κ2) is 11.8. The Balaban J connectivity index is 4.17. The maximum Gasteiger partial charge on any atom is 0.532 e. The van der Waals surface area contributed by atoms with Crippen molar-refractivity contribution in [2.24, 2.45) is 0 Å². The summed E-state index contributed by atoms with van der Waals surface area (Å²) in [6, 6.07) is 0. The third-order valence-electron chi connectivity index (χ3n) is 3.09. The van der Waals surface area contributed by atoms with Gasteiger partial charge in [-0.25, -0.2) is 9.36 Å². The van der Waals surface area contributed by atoms with Gasteiger partial charge in [0.05, 0.1) is 40.9 Å². The molecule has 0 saturated heterocycles. The van der Waals surface area contributed by atoms with Crippen molar-refractivity contribution in [2.45, 2.75) is 45.4 Å². The van der Waals surface area contributed by atoms with Gasteiger partial charge in [0.25, 0.3) is 0 Å². The first kappa shape index (κ1) is 22.3. The molecule has 0 rings (SSSR count). The predicted octanol–water partition coefficient (Wildman–Crippen LogP) is 3.92. The number of quaternary nitrogens is 1. The van der Waals surface area contributed by atoms with Gasteiger partial charge in [0.2, 0.25) is 0 Å². The molecule has 0 aliphatic rings. The molecule has 0 fully saturated rings. The fourth-order valence-corrected chi connectivity index (χ4v) is 2.99. The van der Waals surface area contributed by atoms with Gasteiger partial charge in [-0.05, 0) is 25.7 Å². The maximum absolute atomic E-state index is 12.4. The van der Waals surface area contributed by atoms with E-state index in [9.17, 15) is 9.36 Å². The highest BCUT2D eigenvalue weighted by atomic mass is 31.2. The molecule has 1 atom stereocenters. The number of carbonyl (C=O) groups excluding carboxylic acids is 1. The van der Waals surface area contributed by atoms with Crippen LogP contribution >= 0.6 is 7.82 Å². The average Bonchev–Trinajstić information content (AvgIpc) is 2.46. The highest BCUT2D eigenvalue weighted by Crippen LogP contribution is 2.50. The Hall–Kier alpha value is -0.680. The van der Waals surface area contributed by atoms with Crippen molar-refractivity contribution in [1.82, 2.24) is 0 Å². The summed E-state index contributed by atoms with van der Waals surface area (Å²) in [7, 11) is 2.59. The van der Waals surface area contributed by atoms with E-state index in [1.54, 1.807) is 0 Å². The van der Waals surface area contributed by atoms with Crippen LogP contribution in [0.5, 0.6) is 0 Å². The zero-order valence-corrected chi connectivity index (χ0v) is 16.0. The minimum Gasteiger partial charge on any atom is -0.367 e. The zero-order valence-electron chi connectivity index (χ0n) is 15.1. The van der Waals surface area contributed by atoms with Gasteiger partial charge in [0.1, 0.15) is 0 Å². The summed E-state index contributed by atoms with van der Waals surface area (Å²) in [6.45, 7) is 6.91. The molecule has 0 aromatic heterocycles. The van der Waals surface area contributed by atoms with Crippen LogP contribution in [-0.4, -0.2) is 51.4 Å². The molecule has 0 aromatic carbocycles. The fourth-order valence-electron chi connectivity index (χ4n) is 1.81. The van der Waals surface area contributed by atoms with Gasteiger partial charge in [-0.1, -0.05) is 26.3 Å². The molecule has 7 heteroatoms. The molecule has 0 heterocycles. The smallest absolute Gasteiger partial charge is 0.367 e. The second-order valence-corrected chi connectivity index (χ2v) is 8.10. The van der Waals surface area contributed by atoms with E-state index in [-0.39, 0.29) is 13.2 Å². The fraction of sp³-hybridized carbons (Fsp3) is 0.812. The Kier molecular flexibility index (Phi) is 11.4. The normalized spacial score (nSPS) is 14.3. The van der Waals surface area contributed by atoms with Gasteiger partial charge in [0.15, 0.2) is 0 Å². The Morgan fingerprint density at radius 1 is 1.04 bits per heavy atom. The van der Waals surface area contributed by atoms with E-state index in [4.69, 9.17) is 13.6 Å². The molecule has 0 saturated carbocycles. The van der Waals surface area contributed by atoms with Crippen LogP contribution < -0.4 is 0 Å². The third-order valence-corrected chi connectivity index (χ3v) is 4.49. The van der Waals surface area contributed by atoms with Crippen LogP contribution in [0.4, 0.5) is 0 Å². The first-order valence-corrected chi connectivity index (χ1v) is 9.74. The maximum atomic E-state index is 12.4. The Morgan fingerprint density at radius 3 is 2.09 bits per heavy atom. The molecule has 0 spiro atoms. The molecule has 0 bridgehead atoms. The summed E-state index contributed by atoms with van der Waals surface area (Å²) in [5.41, 5.74) is 0.